The first kappa shape index (κ1) is 19.0. The molecule has 1 aliphatic heterocycles. The molecule has 5 nitrogen and oxygen atoms in total. The third kappa shape index (κ3) is 3.54. The van der Waals surface area contributed by atoms with Gasteiger partial charge in [-0.1, -0.05) is 54.1 Å². The molecule has 1 saturated carbocycles. The lowest BCUT2D eigenvalue weighted by Crippen LogP contribution is -2.37. The van der Waals surface area contributed by atoms with Crippen LogP contribution >= 0.6 is 11.6 Å². The highest BCUT2D eigenvalue weighted by molar-refractivity contribution is 7.90. The Morgan fingerprint density at radius 2 is 1.86 bits per heavy atom. The summed E-state index contributed by atoms with van der Waals surface area (Å²) in [7, 11) is -3.13. The van der Waals surface area contributed by atoms with E-state index < -0.39 is 10.0 Å². The Hall–Kier alpha value is -2.02. The van der Waals surface area contributed by atoms with Gasteiger partial charge in [-0.05, 0) is 37.3 Å². The number of aromatic nitrogens is 2. The lowest BCUT2D eigenvalue weighted by Gasteiger charge is -2.26. The molecule has 1 aromatic heterocycles. The fourth-order valence-electron chi connectivity index (χ4n) is 4.11. The van der Waals surface area contributed by atoms with Gasteiger partial charge >= 0.3 is 0 Å². The van der Waals surface area contributed by atoms with Crippen LogP contribution in [0.2, 0.25) is 0 Å². The van der Waals surface area contributed by atoms with Crippen molar-refractivity contribution >= 4 is 38.0 Å². The largest absolute Gasteiger partial charge is 0.217 e. The van der Waals surface area contributed by atoms with Gasteiger partial charge in [0.2, 0.25) is 10.0 Å². The maximum atomic E-state index is 12.5. The maximum Gasteiger partial charge on any atom is 0.217 e. The molecule has 1 fully saturated rings. The lowest BCUT2D eigenvalue weighted by atomic mass is 9.92. The third-order valence-corrected chi connectivity index (χ3v) is 8.55. The molecule has 0 saturated heterocycles. The SMILES string of the molecule is O=S(=O)(C1CC1)N1CC=C(c2nnc(C3C=CC(Cl)=CC3)c3ccccc23)CC1. The van der Waals surface area contributed by atoms with Gasteiger partial charge < -0.3 is 0 Å². The van der Waals surface area contributed by atoms with Crippen molar-refractivity contribution in [3.05, 3.63) is 65.0 Å². The molecular formula is C22H22ClN3O2S. The molecular weight excluding hydrogens is 406 g/mol. The Bertz CT molecular complexity index is 1170. The van der Waals surface area contributed by atoms with E-state index in [1.807, 2.05) is 30.4 Å². The molecule has 7 heteroatoms. The predicted molar refractivity (Wildman–Crippen MR) is 116 cm³/mol. The van der Waals surface area contributed by atoms with Gasteiger partial charge in [0.25, 0.3) is 0 Å². The number of fused-ring (bicyclic) bond motifs is 1. The quantitative estimate of drug-likeness (QED) is 0.726. The van der Waals surface area contributed by atoms with Crippen molar-refractivity contribution in [3.8, 4) is 0 Å². The highest BCUT2D eigenvalue weighted by Gasteiger charge is 2.40. The van der Waals surface area contributed by atoms with Crippen LogP contribution < -0.4 is 0 Å². The van der Waals surface area contributed by atoms with Crippen LogP contribution in [0.1, 0.15) is 43.0 Å². The fraction of sp³-hybridized carbons (Fsp3) is 0.364. The van der Waals surface area contributed by atoms with Crippen LogP contribution in [0.25, 0.3) is 16.3 Å². The summed E-state index contributed by atoms with van der Waals surface area (Å²) in [6.07, 6.45) is 11.1. The smallest absolute Gasteiger partial charge is 0.212 e. The van der Waals surface area contributed by atoms with E-state index in [1.165, 1.54) is 0 Å². The molecule has 2 aliphatic carbocycles. The molecule has 3 aliphatic rings. The van der Waals surface area contributed by atoms with Gasteiger partial charge in [-0.2, -0.15) is 9.40 Å². The normalized spacial score (nSPS) is 23.1. The van der Waals surface area contributed by atoms with E-state index in [0.29, 0.717) is 19.5 Å². The minimum Gasteiger partial charge on any atom is -0.212 e. The molecule has 2 heterocycles. The topological polar surface area (TPSA) is 63.2 Å². The first-order chi connectivity index (χ1) is 14.0. The standard InChI is InChI=1S/C22H22ClN3O2S/c23-17-7-5-15(6-8-17)21-19-3-1-2-4-20(19)22(25-24-21)16-11-13-26(14-12-16)29(27,28)18-9-10-18/h1-5,7-8,11,15,18H,6,9-10,12-14H2. The summed E-state index contributed by atoms with van der Waals surface area (Å²) < 4.78 is 26.6. The Morgan fingerprint density at radius 1 is 1.07 bits per heavy atom. The van der Waals surface area contributed by atoms with E-state index >= 15 is 0 Å². The first-order valence-corrected chi connectivity index (χ1v) is 11.9. The summed E-state index contributed by atoms with van der Waals surface area (Å²) in [5.41, 5.74) is 2.89. The number of nitrogens with zero attached hydrogens (tertiary/aromatic N) is 3. The number of rotatable bonds is 4. The van der Waals surface area contributed by atoms with E-state index in [4.69, 9.17) is 11.6 Å². The number of allylic oxidation sites excluding steroid dienone is 4. The van der Waals surface area contributed by atoms with E-state index in [-0.39, 0.29) is 11.2 Å². The Balaban J connectivity index is 1.48. The first-order valence-electron chi connectivity index (χ1n) is 10.0. The molecule has 1 atom stereocenters. The Labute approximate surface area is 175 Å². The monoisotopic (exact) mass is 427 g/mol. The number of benzene rings is 1. The second-order valence-corrected chi connectivity index (χ2v) is 10.5. The number of halogens is 1. The van der Waals surface area contributed by atoms with Crippen LogP contribution in [0.5, 0.6) is 0 Å². The molecule has 0 spiro atoms. The predicted octanol–water partition coefficient (Wildman–Crippen LogP) is 4.38. The van der Waals surface area contributed by atoms with Crippen molar-refractivity contribution in [1.29, 1.82) is 0 Å². The summed E-state index contributed by atoms with van der Waals surface area (Å²) in [4.78, 5) is 0. The average Bonchev–Trinajstić information content (AvgIpc) is 3.60. The molecule has 1 aromatic carbocycles. The fourth-order valence-corrected chi connectivity index (χ4v) is 6.05. The summed E-state index contributed by atoms with van der Waals surface area (Å²) in [5.74, 6) is 0.156. The molecule has 5 rings (SSSR count). The van der Waals surface area contributed by atoms with E-state index in [1.54, 1.807) is 4.31 Å². The van der Waals surface area contributed by atoms with Crippen molar-refractivity contribution in [1.82, 2.24) is 14.5 Å². The van der Waals surface area contributed by atoms with Crippen molar-refractivity contribution < 1.29 is 8.42 Å². The molecule has 29 heavy (non-hydrogen) atoms. The maximum absolute atomic E-state index is 12.5. The van der Waals surface area contributed by atoms with E-state index in [9.17, 15) is 8.42 Å². The summed E-state index contributed by atoms with van der Waals surface area (Å²) >= 11 is 6.07. The Morgan fingerprint density at radius 3 is 2.52 bits per heavy atom. The molecule has 0 amide bonds. The van der Waals surface area contributed by atoms with Crippen LogP contribution in [-0.2, 0) is 10.0 Å². The van der Waals surface area contributed by atoms with Crippen LogP contribution in [0.4, 0.5) is 0 Å². The average molecular weight is 428 g/mol. The minimum atomic E-state index is -3.13. The zero-order chi connectivity index (χ0) is 20.0. The van der Waals surface area contributed by atoms with E-state index in [2.05, 4.69) is 28.4 Å². The highest BCUT2D eigenvalue weighted by Crippen LogP contribution is 2.36. The summed E-state index contributed by atoms with van der Waals surface area (Å²) in [6, 6.07) is 8.19. The second kappa shape index (κ2) is 7.35. The second-order valence-electron chi connectivity index (χ2n) is 7.85. The molecule has 150 valence electrons. The van der Waals surface area contributed by atoms with Gasteiger partial charge in [0.1, 0.15) is 0 Å². The van der Waals surface area contributed by atoms with Crippen molar-refractivity contribution in [2.45, 2.75) is 36.9 Å². The van der Waals surface area contributed by atoms with Gasteiger partial charge in [-0.3, -0.25) is 0 Å². The minimum absolute atomic E-state index is 0.156. The summed E-state index contributed by atoms with van der Waals surface area (Å²) in [5, 5.41) is 11.9. The van der Waals surface area contributed by atoms with Gasteiger partial charge in [0.15, 0.2) is 0 Å². The molecule has 1 unspecified atom stereocenters. The van der Waals surface area contributed by atoms with Crippen LogP contribution in [0, 0.1) is 0 Å². The summed E-state index contributed by atoms with van der Waals surface area (Å²) in [6.45, 7) is 0.928. The van der Waals surface area contributed by atoms with Gasteiger partial charge in [-0.15, -0.1) is 5.10 Å². The number of hydrogen-bond acceptors (Lipinski definition) is 4. The van der Waals surface area contributed by atoms with Crippen LogP contribution in [0.15, 0.2) is 53.6 Å². The number of hydrogen-bond donors (Lipinski definition) is 0. The van der Waals surface area contributed by atoms with Gasteiger partial charge in [-0.25, -0.2) is 8.42 Å². The highest BCUT2D eigenvalue weighted by atomic mass is 35.5. The number of sulfonamides is 1. The van der Waals surface area contributed by atoms with Gasteiger partial charge in [0.05, 0.1) is 16.6 Å². The van der Waals surface area contributed by atoms with Crippen molar-refractivity contribution in [2.75, 3.05) is 13.1 Å². The van der Waals surface area contributed by atoms with Gasteiger partial charge in [0, 0.05) is 34.8 Å². The molecule has 0 N–H and O–H groups in total. The van der Waals surface area contributed by atoms with Crippen molar-refractivity contribution in [3.63, 3.8) is 0 Å². The zero-order valence-corrected chi connectivity index (χ0v) is 17.5. The zero-order valence-electron chi connectivity index (χ0n) is 16.0. The van der Waals surface area contributed by atoms with Crippen LogP contribution in [-0.4, -0.2) is 41.3 Å². The van der Waals surface area contributed by atoms with Crippen LogP contribution in [0.3, 0.4) is 0 Å². The molecule has 0 bridgehead atoms. The molecule has 0 radical (unpaired) electrons. The lowest BCUT2D eigenvalue weighted by molar-refractivity contribution is 0.440. The Kier molecular flexibility index (Phi) is 4.81. The molecule has 2 aromatic rings. The van der Waals surface area contributed by atoms with Crippen molar-refractivity contribution in [2.24, 2.45) is 0 Å². The van der Waals surface area contributed by atoms with E-state index in [0.717, 1.165) is 52.0 Å². The third-order valence-electron chi connectivity index (χ3n) is 5.90.